The van der Waals surface area contributed by atoms with Crippen LogP contribution >= 0.6 is 0 Å². The van der Waals surface area contributed by atoms with Gasteiger partial charge in [0.15, 0.2) is 0 Å². The van der Waals surface area contributed by atoms with E-state index in [9.17, 15) is 4.79 Å². The Kier molecular flexibility index (Phi) is 3.69. The van der Waals surface area contributed by atoms with Crippen molar-refractivity contribution in [3.05, 3.63) is 36.3 Å². The molecule has 20 heavy (non-hydrogen) atoms. The SMILES string of the molecule is C[C@H](NC(=O)c1ccc2nccn2c1)C1CCNCC1. The lowest BCUT2D eigenvalue weighted by atomic mass is 9.91. The fourth-order valence-corrected chi connectivity index (χ4v) is 2.81. The van der Waals surface area contributed by atoms with E-state index in [4.69, 9.17) is 0 Å². The Labute approximate surface area is 118 Å². The number of fused-ring (bicyclic) bond motifs is 1. The normalized spacial score (nSPS) is 18.1. The van der Waals surface area contributed by atoms with Crippen LogP contribution in [0, 0.1) is 5.92 Å². The van der Waals surface area contributed by atoms with Crippen LogP contribution in [0.4, 0.5) is 0 Å². The van der Waals surface area contributed by atoms with Crippen molar-refractivity contribution in [1.29, 1.82) is 0 Å². The first kappa shape index (κ1) is 13.1. The van der Waals surface area contributed by atoms with Crippen molar-refractivity contribution in [2.45, 2.75) is 25.8 Å². The minimum atomic E-state index is -0.00775. The van der Waals surface area contributed by atoms with Crippen LogP contribution in [0.15, 0.2) is 30.7 Å². The molecular formula is C15H20N4O. The van der Waals surface area contributed by atoms with E-state index in [0.29, 0.717) is 11.5 Å². The van der Waals surface area contributed by atoms with E-state index in [2.05, 4.69) is 22.5 Å². The predicted molar refractivity (Wildman–Crippen MR) is 77.7 cm³/mol. The predicted octanol–water partition coefficient (Wildman–Crippen LogP) is 1.45. The molecule has 0 saturated carbocycles. The van der Waals surface area contributed by atoms with Crippen molar-refractivity contribution >= 4 is 11.6 Å². The molecule has 106 valence electrons. The summed E-state index contributed by atoms with van der Waals surface area (Å²) in [5.74, 6) is 0.559. The lowest BCUT2D eigenvalue weighted by molar-refractivity contribution is 0.0920. The second-order valence-electron chi connectivity index (χ2n) is 5.46. The topological polar surface area (TPSA) is 58.4 Å². The van der Waals surface area contributed by atoms with E-state index in [1.807, 2.05) is 28.9 Å². The number of nitrogens with one attached hydrogen (secondary N) is 2. The van der Waals surface area contributed by atoms with Crippen molar-refractivity contribution in [3.63, 3.8) is 0 Å². The van der Waals surface area contributed by atoms with Gasteiger partial charge >= 0.3 is 0 Å². The van der Waals surface area contributed by atoms with Gasteiger partial charge in [0, 0.05) is 24.6 Å². The van der Waals surface area contributed by atoms with Crippen LogP contribution in [-0.4, -0.2) is 34.4 Å². The van der Waals surface area contributed by atoms with Crippen molar-refractivity contribution in [2.75, 3.05) is 13.1 Å². The number of hydrogen-bond donors (Lipinski definition) is 2. The average molecular weight is 272 g/mol. The molecular weight excluding hydrogens is 252 g/mol. The maximum atomic E-state index is 12.3. The van der Waals surface area contributed by atoms with Gasteiger partial charge in [0.2, 0.25) is 0 Å². The first-order valence-electron chi connectivity index (χ1n) is 7.18. The van der Waals surface area contributed by atoms with Crippen LogP contribution in [0.1, 0.15) is 30.1 Å². The standard InChI is InChI=1S/C15H20N4O/c1-11(12-4-6-16-7-5-12)18-15(20)13-2-3-14-17-8-9-19(14)10-13/h2-3,8-12,16H,4-7H2,1H3,(H,18,20)/t11-/m0/s1. The second kappa shape index (κ2) is 5.63. The lowest BCUT2D eigenvalue weighted by Crippen LogP contribution is -2.42. The van der Waals surface area contributed by atoms with E-state index in [1.165, 1.54) is 0 Å². The molecule has 5 nitrogen and oxygen atoms in total. The zero-order chi connectivity index (χ0) is 13.9. The molecule has 1 fully saturated rings. The van der Waals surface area contributed by atoms with E-state index in [-0.39, 0.29) is 11.9 Å². The number of piperidine rings is 1. The van der Waals surface area contributed by atoms with Crippen molar-refractivity contribution in [2.24, 2.45) is 5.92 Å². The van der Waals surface area contributed by atoms with Gasteiger partial charge in [0.05, 0.1) is 5.56 Å². The average Bonchev–Trinajstić information content (AvgIpc) is 2.95. The number of rotatable bonds is 3. The molecule has 1 aliphatic heterocycles. The number of imidazole rings is 1. The molecule has 2 aromatic rings. The van der Waals surface area contributed by atoms with Gasteiger partial charge in [-0.1, -0.05) is 0 Å². The summed E-state index contributed by atoms with van der Waals surface area (Å²) >= 11 is 0. The molecule has 0 spiro atoms. The van der Waals surface area contributed by atoms with Crippen LogP contribution in [0.2, 0.25) is 0 Å². The largest absolute Gasteiger partial charge is 0.349 e. The molecule has 2 N–H and O–H groups in total. The van der Waals surface area contributed by atoms with Crippen LogP contribution in [0.25, 0.3) is 5.65 Å². The maximum absolute atomic E-state index is 12.3. The Morgan fingerprint density at radius 1 is 1.45 bits per heavy atom. The summed E-state index contributed by atoms with van der Waals surface area (Å²) in [6.45, 7) is 4.20. The molecule has 1 aliphatic rings. The summed E-state index contributed by atoms with van der Waals surface area (Å²) in [6, 6.07) is 3.90. The highest BCUT2D eigenvalue weighted by Crippen LogP contribution is 2.16. The summed E-state index contributed by atoms with van der Waals surface area (Å²) in [5, 5.41) is 6.47. The van der Waals surface area contributed by atoms with E-state index in [0.717, 1.165) is 31.6 Å². The Morgan fingerprint density at radius 3 is 3.05 bits per heavy atom. The van der Waals surface area contributed by atoms with Crippen LogP contribution < -0.4 is 10.6 Å². The summed E-state index contributed by atoms with van der Waals surface area (Å²) in [4.78, 5) is 16.5. The molecule has 0 aromatic carbocycles. The zero-order valence-electron chi connectivity index (χ0n) is 11.7. The van der Waals surface area contributed by atoms with Gasteiger partial charge in [-0.15, -0.1) is 0 Å². The molecule has 1 saturated heterocycles. The van der Waals surface area contributed by atoms with Gasteiger partial charge in [-0.05, 0) is 50.9 Å². The van der Waals surface area contributed by atoms with Crippen LogP contribution in [0.3, 0.4) is 0 Å². The highest BCUT2D eigenvalue weighted by Gasteiger charge is 2.21. The van der Waals surface area contributed by atoms with Gasteiger partial charge < -0.3 is 15.0 Å². The molecule has 0 radical (unpaired) electrons. The van der Waals surface area contributed by atoms with Gasteiger partial charge in [-0.25, -0.2) is 4.98 Å². The highest BCUT2D eigenvalue weighted by atomic mass is 16.1. The minimum absolute atomic E-state index is 0.00775. The maximum Gasteiger partial charge on any atom is 0.252 e. The fourth-order valence-electron chi connectivity index (χ4n) is 2.81. The summed E-state index contributed by atoms with van der Waals surface area (Å²) in [6.07, 6.45) is 7.66. The number of pyridine rings is 1. The Morgan fingerprint density at radius 2 is 2.25 bits per heavy atom. The molecule has 0 aliphatic carbocycles. The third-order valence-electron chi connectivity index (χ3n) is 4.10. The van der Waals surface area contributed by atoms with E-state index < -0.39 is 0 Å². The number of aromatic nitrogens is 2. The van der Waals surface area contributed by atoms with Gasteiger partial charge in [0.25, 0.3) is 5.91 Å². The van der Waals surface area contributed by atoms with Gasteiger partial charge in [-0.2, -0.15) is 0 Å². The third-order valence-corrected chi connectivity index (χ3v) is 4.10. The highest BCUT2D eigenvalue weighted by molar-refractivity contribution is 5.94. The Bertz CT molecular complexity index is 601. The number of amides is 1. The number of nitrogens with zero attached hydrogens (tertiary/aromatic N) is 2. The molecule has 5 heteroatoms. The summed E-state index contributed by atoms with van der Waals surface area (Å²) in [7, 11) is 0. The smallest absolute Gasteiger partial charge is 0.252 e. The van der Waals surface area contributed by atoms with E-state index in [1.54, 1.807) is 6.20 Å². The quantitative estimate of drug-likeness (QED) is 0.889. The van der Waals surface area contributed by atoms with Gasteiger partial charge in [-0.3, -0.25) is 4.79 Å². The van der Waals surface area contributed by atoms with E-state index >= 15 is 0 Å². The molecule has 0 bridgehead atoms. The number of hydrogen-bond acceptors (Lipinski definition) is 3. The van der Waals surface area contributed by atoms with Crippen LogP contribution in [-0.2, 0) is 0 Å². The van der Waals surface area contributed by atoms with Crippen molar-refractivity contribution < 1.29 is 4.79 Å². The molecule has 3 heterocycles. The first-order chi connectivity index (χ1) is 9.74. The molecule has 1 amide bonds. The first-order valence-corrected chi connectivity index (χ1v) is 7.18. The second-order valence-corrected chi connectivity index (χ2v) is 5.46. The molecule has 1 atom stereocenters. The zero-order valence-corrected chi connectivity index (χ0v) is 11.7. The third kappa shape index (κ3) is 2.67. The molecule has 2 aromatic heterocycles. The summed E-state index contributed by atoms with van der Waals surface area (Å²) in [5.41, 5.74) is 1.53. The monoisotopic (exact) mass is 272 g/mol. The van der Waals surface area contributed by atoms with Crippen molar-refractivity contribution in [1.82, 2.24) is 20.0 Å². The Hall–Kier alpha value is -1.88. The molecule has 3 rings (SSSR count). The van der Waals surface area contributed by atoms with Crippen LogP contribution in [0.5, 0.6) is 0 Å². The fraction of sp³-hybridized carbons (Fsp3) is 0.467. The minimum Gasteiger partial charge on any atom is -0.349 e. The lowest BCUT2D eigenvalue weighted by Gasteiger charge is -2.28. The van der Waals surface area contributed by atoms with Crippen molar-refractivity contribution in [3.8, 4) is 0 Å². The number of carbonyl (C=O) groups is 1. The summed E-state index contributed by atoms with van der Waals surface area (Å²) < 4.78 is 1.87. The Balaban J connectivity index is 1.68. The molecule has 0 unspecified atom stereocenters. The van der Waals surface area contributed by atoms with Gasteiger partial charge in [0.1, 0.15) is 5.65 Å². The number of carbonyl (C=O) groups excluding carboxylic acids is 1.